The van der Waals surface area contributed by atoms with Crippen molar-refractivity contribution >= 4 is 23.6 Å². The highest BCUT2D eigenvalue weighted by Gasteiger charge is 2.10. The second-order valence-electron chi connectivity index (χ2n) is 5.45. The highest BCUT2D eigenvalue weighted by Crippen LogP contribution is 2.21. The summed E-state index contributed by atoms with van der Waals surface area (Å²) < 4.78 is 24.1. The number of esters is 1. The van der Waals surface area contributed by atoms with Crippen LogP contribution in [0.2, 0.25) is 5.02 Å². The topological polar surface area (TPSA) is 65.2 Å². The Bertz CT molecular complexity index is 949. The van der Waals surface area contributed by atoms with Crippen molar-refractivity contribution in [3.63, 3.8) is 0 Å². The Hall–Kier alpha value is -2.99. The van der Waals surface area contributed by atoms with Gasteiger partial charge in [-0.2, -0.15) is 0 Å². The van der Waals surface area contributed by atoms with Crippen LogP contribution >= 0.6 is 11.6 Å². The van der Waals surface area contributed by atoms with Crippen molar-refractivity contribution in [3.05, 3.63) is 76.4 Å². The standard InChI is InChI=1S/C19H14ClFN2O3/c1-12-4-2-5-13(10-12)19-23-22-17(26-19)11-25-18(24)9-8-14-15(20)6-3-7-16(14)21/h2-10H,11H2,1H3/b9-8+. The lowest BCUT2D eigenvalue weighted by molar-refractivity contribution is -0.139. The van der Waals surface area contributed by atoms with Crippen LogP contribution < -0.4 is 0 Å². The largest absolute Gasteiger partial charge is 0.452 e. The molecule has 0 aliphatic heterocycles. The molecule has 0 unspecified atom stereocenters. The number of rotatable bonds is 5. The molecule has 2 aromatic carbocycles. The molecule has 7 heteroatoms. The van der Waals surface area contributed by atoms with Crippen molar-refractivity contribution in [2.24, 2.45) is 0 Å². The smallest absolute Gasteiger partial charge is 0.331 e. The van der Waals surface area contributed by atoms with E-state index in [9.17, 15) is 9.18 Å². The molecule has 132 valence electrons. The molecule has 26 heavy (non-hydrogen) atoms. The second kappa shape index (κ2) is 7.93. The van der Waals surface area contributed by atoms with Crippen LogP contribution in [0, 0.1) is 12.7 Å². The zero-order valence-electron chi connectivity index (χ0n) is 13.8. The van der Waals surface area contributed by atoms with Gasteiger partial charge in [0.2, 0.25) is 5.89 Å². The zero-order chi connectivity index (χ0) is 18.5. The van der Waals surface area contributed by atoms with Crippen LogP contribution in [0.15, 0.2) is 53.0 Å². The molecule has 3 aromatic rings. The Morgan fingerprint density at radius 1 is 1.27 bits per heavy atom. The Labute approximate surface area is 154 Å². The summed E-state index contributed by atoms with van der Waals surface area (Å²) in [4.78, 5) is 11.8. The lowest BCUT2D eigenvalue weighted by Gasteiger charge is -2.00. The van der Waals surface area contributed by atoms with Crippen LogP contribution in [-0.4, -0.2) is 16.2 Å². The van der Waals surface area contributed by atoms with Crippen molar-refractivity contribution in [1.82, 2.24) is 10.2 Å². The van der Waals surface area contributed by atoms with Crippen molar-refractivity contribution in [1.29, 1.82) is 0 Å². The third-order valence-electron chi connectivity index (χ3n) is 3.46. The molecule has 0 radical (unpaired) electrons. The number of carbonyl (C=O) groups excluding carboxylic acids is 1. The third-order valence-corrected chi connectivity index (χ3v) is 3.79. The fraction of sp³-hybridized carbons (Fsp3) is 0.105. The first-order chi connectivity index (χ1) is 12.5. The first-order valence-corrected chi connectivity index (χ1v) is 8.09. The number of aromatic nitrogens is 2. The van der Waals surface area contributed by atoms with Crippen molar-refractivity contribution in [3.8, 4) is 11.5 Å². The maximum atomic E-state index is 13.6. The van der Waals surface area contributed by atoms with E-state index < -0.39 is 11.8 Å². The van der Waals surface area contributed by atoms with Crippen molar-refractivity contribution in [2.75, 3.05) is 0 Å². The number of benzene rings is 2. The molecule has 0 bridgehead atoms. The third kappa shape index (κ3) is 4.34. The van der Waals surface area contributed by atoms with Gasteiger partial charge in [-0.15, -0.1) is 10.2 Å². The molecule has 0 aliphatic carbocycles. The summed E-state index contributed by atoms with van der Waals surface area (Å²) in [5.74, 6) is -0.707. The van der Waals surface area contributed by atoms with E-state index in [-0.39, 0.29) is 23.1 Å². The number of hydrogen-bond donors (Lipinski definition) is 0. The number of hydrogen-bond acceptors (Lipinski definition) is 5. The molecule has 1 heterocycles. The van der Waals surface area contributed by atoms with Crippen LogP contribution in [0.25, 0.3) is 17.5 Å². The van der Waals surface area contributed by atoms with Crippen molar-refractivity contribution < 1.29 is 18.3 Å². The van der Waals surface area contributed by atoms with Crippen LogP contribution in [0.3, 0.4) is 0 Å². The van der Waals surface area contributed by atoms with Gasteiger partial charge >= 0.3 is 5.97 Å². The SMILES string of the molecule is Cc1cccc(-c2nnc(COC(=O)/C=C/c3c(F)cccc3Cl)o2)c1. The zero-order valence-corrected chi connectivity index (χ0v) is 14.5. The van der Waals surface area contributed by atoms with E-state index in [1.54, 1.807) is 0 Å². The molecular formula is C19H14ClFN2O3. The minimum absolute atomic E-state index is 0.116. The number of carbonyl (C=O) groups is 1. The van der Waals surface area contributed by atoms with Crippen molar-refractivity contribution in [2.45, 2.75) is 13.5 Å². The number of aryl methyl sites for hydroxylation is 1. The molecular weight excluding hydrogens is 359 g/mol. The monoisotopic (exact) mass is 372 g/mol. The highest BCUT2D eigenvalue weighted by molar-refractivity contribution is 6.32. The fourth-order valence-corrected chi connectivity index (χ4v) is 2.43. The maximum absolute atomic E-state index is 13.6. The van der Waals surface area contributed by atoms with Gasteiger partial charge in [-0.3, -0.25) is 0 Å². The Kier molecular flexibility index (Phi) is 5.43. The van der Waals surface area contributed by atoms with Gasteiger partial charge in [0.25, 0.3) is 5.89 Å². The van der Waals surface area contributed by atoms with Crippen LogP contribution in [0.5, 0.6) is 0 Å². The highest BCUT2D eigenvalue weighted by atomic mass is 35.5. The summed E-state index contributed by atoms with van der Waals surface area (Å²) >= 11 is 5.88. The average molecular weight is 373 g/mol. The summed E-state index contributed by atoms with van der Waals surface area (Å²) in [7, 11) is 0. The van der Waals surface area contributed by atoms with Gasteiger partial charge in [-0.1, -0.05) is 35.4 Å². The van der Waals surface area contributed by atoms with Gasteiger partial charge in [-0.05, 0) is 37.3 Å². The molecule has 0 saturated heterocycles. The minimum atomic E-state index is -0.681. The molecule has 1 aromatic heterocycles. The van der Waals surface area contributed by atoms with Crippen LogP contribution in [0.1, 0.15) is 17.0 Å². The number of nitrogens with zero attached hydrogens (tertiary/aromatic N) is 2. The predicted molar refractivity (Wildman–Crippen MR) is 94.7 cm³/mol. The molecule has 5 nitrogen and oxygen atoms in total. The van der Waals surface area contributed by atoms with Crippen LogP contribution in [-0.2, 0) is 16.1 Å². The summed E-state index contributed by atoms with van der Waals surface area (Å²) in [6.07, 6.45) is 2.34. The van der Waals surface area contributed by atoms with E-state index in [2.05, 4.69) is 10.2 Å². The quantitative estimate of drug-likeness (QED) is 0.484. The first-order valence-electron chi connectivity index (χ1n) is 7.71. The van der Waals surface area contributed by atoms with Gasteiger partial charge in [0.15, 0.2) is 6.61 Å². The Morgan fingerprint density at radius 3 is 2.85 bits per heavy atom. The van der Waals surface area contributed by atoms with E-state index in [1.165, 1.54) is 24.3 Å². The number of halogens is 2. The van der Waals surface area contributed by atoms with Gasteiger partial charge in [0.05, 0.1) is 5.02 Å². The lowest BCUT2D eigenvalue weighted by atomic mass is 10.1. The van der Waals surface area contributed by atoms with Gasteiger partial charge in [0.1, 0.15) is 5.82 Å². The molecule has 0 saturated carbocycles. The molecule has 0 amide bonds. The fourth-order valence-electron chi connectivity index (χ4n) is 2.21. The van der Waals surface area contributed by atoms with E-state index in [0.717, 1.165) is 17.2 Å². The predicted octanol–water partition coefficient (Wildman–Crippen LogP) is 4.59. The molecule has 0 fully saturated rings. The molecule has 3 rings (SSSR count). The normalized spacial score (nSPS) is 11.0. The Balaban J connectivity index is 1.61. The van der Waals surface area contributed by atoms with E-state index >= 15 is 0 Å². The second-order valence-corrected chi connectivity index (χ2v) is 5.85. The minimum Gasteiger partial charge on any atom is -0.452 e. The average Bonchev–Trinajstić information content (AvgIpc) is 3.09. The Morgan fingerprint density at radius 2 is 2.08 bits per heavy atom. The lowest BCUT2D eigenvalue weighted by Crippen LogP contribution is -2.01. The molecule has 0 aliphatic rings. The van der Waals surface area contributed by atoms with E-state index in [4.69, 9.17) is 20.8 Å². The summed E-state index contributed by atoms with van der Waals surface area (Å²) in [5.41, 5.74) is 1.96. The molecule has 0 N–H and O–H groups in total. The summed E-state index contributed by atoms with van der Waals surface area (Å²) in [5, 5.41) is 7.97. The van der Waals surface area contributed by atoms with Gasteiger partial charge in [0, 0.05) is 17.2 Å². The van der Waals surface area contributed by atoms with E-state index in [0.29, 0.717) is 5.89 Å². The summed E-state index contributed by atoms with van der Waals surface area (Å²) in [6, 6.07) is 11.9. The molecule has 0 atom stereocenters. The maximum Gasteiger partial charge on any atom is 0.331 e. The first kappa shape index (κ1) is 17.8. The number of ether oxygens (including phenoxy) is 1. The van der Waals surface area contributed by atoms with Crippen LogP contribution in [0.4, 0.5) is 4.39 Å². The van der Waals surface area contributed by atoms with Gasteiger partial charge < -0.3 is 9.15 Å². The molecule has 0 spiro atoms. The summed E-state index contributed by atoms with van der Waals surface area (Å²) in [6.45, 7) is 1.77. The van der Waals surface area contributed by atoms with E-state index in [1.807, 2.05) is 31.2 Å². The van der Waals surface area contributed by atoms with Gasteiger partial charge in [-0.25, -0.2) is 9.18 Å².